The molecule has 0 unspecified atom stereocenters. The number of hydrogen-bond acceptors (Lipinski definition) is 2. The standard InChI is InChI=1S/C11H11NO2/c1-9(11(13)14)3-2-4-10-5-7-12-8-6-10/h2-8H,1H3,(H,13,14)/b4-2+,9-3+. The molecule has 0 aliphatic rings. The molecule has 3 heteroatoms. The fourth-order valence-corrected chi connectivity index (χ4v) is 0.849. The maximum absolute atomic E-state index is 10.4. The lowest BCUT2D eigenvalue weighted by Gasteiger charge is -1.90. The molecule has 72 valence electrons. The highest BCUT2D eigenvalue weighted by atomic mass is 16.4. The first-order chi connectivity index (χ1) is 6.70. The van der Waals surface area contributed by atoms with E-state index < -0.39 is 5.97 Å². The first-order valence-corrected chi connectivity index (χ1v) is 4.18. The number of pyridine rings is 1. The van der Waals surface area contributed by atoms with Crippen molar-refractivity contribution in [1.82, 2.24) is 4.98 Å². The number of allylic oxidation sites excluding steroid dienone is 2. The summed E-state index contributed by atoms with van der Waals surface area (Å²) in [6, 6.07) is 3.70. The zero-order valence-electron chi connectivity index (χ0n) is 7.84. The van der Waals surface area contributed by atoms with E-state index in [0.717, 1.165) is 5.56 Å². The Morgan fingerprint density at radius 2 is 2.07 bits per heavy atom. The Morgan fingerprint density at radius 3 is 2.64 bits per heavy atom. The van der Waals surface area contributed by atoms with Crippen molar-refractivity contribution in [3.05, 3.63) is 47.8 Å². The molecule has 0 amide bonds. The molecule has 1 N–H and O–H groups in total. The minimum Gasteiger partial charge on any atom is -0.478 e. The van der Waals surface area contributed by atoms with Gasteiger partial charge in [-0.25, -0.2) is 4.79 Å². The predicted octanol–water partition coefficient (Wildman–Crippen LogP) is 2.13. The molecule has 1 aromatic heterocycles. The highest BCUT2D eigenvalue weighted by molar-refractivity contribution is 5.86. The molecule has 3 nitrogen and oxygen atoms in total. The van der Waals surface area contributed by atoms with Crippen LogP contribution in [0.15, 0.2) is 42.3 Å². The molecule has 0 spiro atoms. The zero-order chi connectivity index (χ0) is 10.4. The molecule has 0 aliphatic carbocycles. The van der Waals surface area contributed by atoms with Crippen molar-refractivity contribution in [2.24, 2.45) is 0 Å². The van der Waals surface area contributed by atoms with Crippen molar-refractivity contribution >= 4 is 12.0 Å². The number of carboxylic acids is 1. The third-order valence-electron chi connectivity index (χ3n) is 1.68. The molecule has 0 fully saturated rings. The maximum Gasteiger partial charge on any atom is 0.331 e. The van der Waals surface area contributed by atoms with Crippen LogP contribution in [-0.4, -0.2) is 16.1 Å². The van der Waals surface area contributed by atoms with E-state index in [1.165, 1.54) is 0 Å². The number of aromatic nitrogens is 1. The van der Waals surface area contributed by atoms with E-state index in [1.54, 1.807) is 31.5 Å². The van der Waals surface area contributed by atoms with Crippen LogP contribution in [0, 0.1) is 0 Å². The summed E-state index contributed by atoms with van der Waals surface area (Å²) in [6.07, 6.45) is 8.47. The van der Waals surface area contributed by atoms with Crippen LogP contribution in [0.25, 0.3) is 6.08 Å². The van der Waals surface area contributed by atoms with Gasteiger partial charge in [-0.1, -0.05) is 18.2 Å². The fourth-order valence-electron chi connectivity index (χ4n) is 0.849. The van der Waals surface area contributed by atoms with Crippen molar-refractivity contribution in [1.29, 1.82) is 0 Å². The highest BCUT2D eigenvalue weighted by Gasteiger charge is 1.95. The van der Waals surface area contributed by atoms with Gasteiger partial charge in [-0.15, -0.1) is 0 Å². The average Bonchev–Trinajstić information content (AvgIpc) is 2.19. The minimum absolute atomic E-state index is 0.315. The van der Waals surface area contributed by atoms with E-state index in [2.05, 4.69) is 4.98 Å². The summed E-state index contributed by atoms with van der Waals surface area (Å²) in [6.45, 7) is 1.55. The van der Waals surface area contributed by atoms with Gasteiger partial charge in [0.2, 0.25) is 0 Å². The minimum atomic E-state index is -0.899. The van der Waals surface area contributed by atoms with E-state index in [0.29, 0.717) is 5.57 Å². The Bertz CT molecular complexity index is 366. The number of hydrogen-bond donors (Lipinski definition) is 1. The van der Waals surface area contributed by atoms with Crippen LogP contribution in [0.5, 0.6) is 0 Å². The molecule has 1 rings (SSSR count). The summed E-state index contributed by atoms with van der Waals surface area (Å²) in [7, 11) is 0. The second kappa shape index (κ2) is 4.97. The number of carbonyl (C=O) groups is 1. The van der Waals surface area contributed by atoms with Crippen LogP contribution in [0.3, 0.4) is 0 Å². The van der Waals surface area contributed by atoms with Crippen molar-refractivity contribution < 1.29 is 9.90 Å². The Morgan fingerprint density at radius 1 is 1.43 bits per heavy atom. The number of aliphatic carboxylic acids is 1. The van der Waals surface area contributed by atoms with Crippen molar-refractivity contribution in [3.63, 3.8) is 0 Å². The van der Waals surface area contributed by atoms with Gasteiger partial charge in [0.15, 0.2) is 0 Å². The SMILES string of the molecule is C/C(=C\C=C\c1ccncc1)C(=O)O. The highest BCUT2D eigenvalue weighted by Crippen LogP contribution is 2.00. The average molecular weight is 189 g/mol. The molecule has 1 aromatic rings. The summed E-state index contributed by atoms with van der Waals surface area (Å²) in [5.74, 6) is -0.899. The lowest BCUT2D eigenvalue weighted by molar-refractivity contribution is -0.132. The fraction of sp³-hybridized carbons (Fsp3) is 0.0909. The molecule has 0 aromatic carbocycles. The largest absolute Gasteiger partial charge is 0.478 e. The van der Waals surface area contributed by atoms with Gasteiger partial charge in [-0.2, -0.15) is 0 Å². The second-order valence-electron chi connectivity index (χ2n) is 2.79. The topological polar surface area (TPSA) is 50.2 Å². The zero-order valence-corrected chi connectivity index (χ0v) is 7.84. The second-order valence-corrected chi connectivity index (χ2v) is 2.79. The molecule has 14 heavy (non-hydrogen) atoms. The van der Waals surface area contributed by atoms with Crippen LogP contribution in [0.1, 0.15) is 12.5 Å². The molecule has 0 bridgehead atoms. The third-order valence-corrected chi connectivity index (χ3v) is 1.68. The smallest absolute Gasteiger partial charge is 0.331 e. The first-order valence-electron chi connectivity index (χ1n) is 4.18. The van der Waals surface area contributed by atoms with E-state index in [-0.39, 0.29) is 0 Å². The van der Waals surface area contributed by atoms with E-state index in [1.807, 2.05) is 18.2 Å². The summed E-state index contributed by atoms with van der Waals surface area (Å²) < 4.78 is 0. The Balaban J connectivity index is 2.66. The van der Waals surface area contributed by atoms with Gasteiger partial charge < -0.3 is 5.11 Å². The van der Waals surface area contributed by atoms with Gasteiger partial charge >= 0.3 is 5.97 Å². The molecule has 0 saturated heterocycles. The number of rotatable bonds is 3. The van der Waals surface area contributed by atoms with Gasteiger partial charge in [-0.05, 0) is 24.6 Å². The molecule has 0 aliphatic heterocycles. The van der Waals surface area contributed by atoms with Gasteiger partial charge in [0, 0.05) is 18.0 Å². The van der Waals surface area contributed by atoms with Crippen molar-refractivity contribution in [2.75, 3.05) is 0 Å². The van der Waals surface area contributed by atoms with Crippen LogP contribution in [0.2, 0.25) is 0 Å². The first kappa shape index (κ1) is 10.2. The summed E-state index contributed by atoms with van der Waals surface area (Å²) in [5.41, 5.74) is 1.31. The summed E-state index contributed by atoms with van der Waals surface area (Å²) in [5, 5.41) is 8.57. The molecule has 1 heterocycles. The third kappa shape index (κ3) is 3.23. The monoisotopic (exact) mass is 189 g/mol. The predicted molar refractivity (Wildman–Crippen MR) is 54.7 cm³/mol. The van der Waals surface area contributed by atoms with Gasteiger partial charge in [0.1, 0.15) is 0 Å². The van der Waals surface area contributed by atoms with Crippen LogP contribution in [0.4, 0.5) is 0 Å². The molecule has 0 atom stereocenters. The molecule has 0 saturated carbocycles. The van der Waals surface area contributed by atoms with Gasteiger partial charge in [0.25, 0.3) is 0 Å². The van der Waals surface area contributed by atoms with E-state index in [4.69, 9.17) is 5.11 Å². The lowest BCUT2D eigenvalue weighted by Crippen LogP contribution is -1.94. The number of carboxylic acid groups (broad SMARTS) is 1. The van der Waals surface area contributed by atoms with Gasteiger partial charge in [-0.3, -0.25) is 4.98 Å². The van der Waals surface area contributed by atoms with Crippen LogP contribution >= 0.6 is 0 Å². The maximum atomic E-state index is 10.4. The lowest BCUT2D eigenvalue weighted by atomic mass is 10.2. The van der Waals surface area contributed by atoms with Gasteiger partial charge in [0.05, 0.1) is 0 Å². The summed E-state index contributed by atoms with van der Waals surface area (Å²) in [4.78, 5) is 14.3. The summed E-state index contributed by atoms with van der Waals surface area (Å²) >= 11 is 0. The normalized spacial score (nSPS) is 11.9. The molecular formula is C11H11NO2. The molecule has 0 radical (unpaired) electrons. The quantitative estimate of drug-likeness (QED) is 0.585. The Labute approximate surface area is 82.4 Å². The van der Waals surface area contributed by atoms with E-state index in [9.17, 15) is 4.79 Å². The van der Waals surface area contributed by atoms with Crippen molar-refractivity contribution in [3.8, 4) is 0 Å². The van der Waals surface area contributed by atoms with E-state index >= 15 is 0 Å². The Kier molecular flexibility index (Phi) is 3.61. The molecular weight excluding hydrogens is 178 g/mol. The van der Waals surface area contributed by atoms with Crippen LogP contribution in [-0.2, 0) is 4.79 Å². The van der Waals surface area contributed by atoms with Crippen molar-refractivity contribution in [2.45, 2.75) is 6.92 Å². The number of nitrogens with zero attached hydrogens (tertiary/aromatic N) is 1. The Hall–Kier alpha value is -1.90. The van der Waals surface area contributed by atoms with Crippen LogP contribution < -0.4 is 0 Å².